The number of nitrogens with one attached hydrogen (secondary N) is 2. The van der Waals surface area contributed by atoms with E-state index >= 15 is 0 Å². The van der Waals surface area contributed by atoms with Crippen LogP contribution in [0.25, 0.3) is 0 Å². The van der Waals surface area contributed by atoms with E-state index in [1.54, 1.807) is 30.1 Å². The number of nitrogens with zero attached hydrogens (tertiary/aromatic N) is 1. The van der Waals surface area contributed by atoms with E-state index in [-0.39, 0.29) is 5.91 Å². The van der Waals surface area contributed by atoms with Crippen molar-refractivity contribution in [2.24, 2.45) is 0 Å². The Morgan fingerprint density at radius 1 is 1.29 bits per heavy atom. The first-order valence-electron chi connectivity index (χ1n) is 6.92. The van der Waals surface area contributed by atoms with E-state index in [1.807, 2.05) is 30.5 Å². The minimum absolute atomic E-state index is 0.116. The van der Waals surface area contributed by atoms with Crippen LogP contribution >= 0.6 is 11.8 Å². The van der Waals surface area contributed by atoms with E-state index in [0.717, 1.165) is 16.4 Å². The number of anilines is 2. The highest BCUT2D eigenvalue weighted by molar-refractivity contribution is 7.98. The van der Waals surface area contributed by atoms with Crippen molar-refractivity contribution >= 4 is 29.2 Å². The van der Waals surface area contributed by atoms with Crippen LogP contribution in [-0.4, -0.2) is 23.2 Å². The third kappa shape index (κ3) is 3.76. The lowest BCUT2D eigenvalue weighted by atomic mass is 10.2. The highest BCUT2D eigenvalue weighted by Gasteiger charge is 2.21. The Bertz CT molecular complexity index is 655. The number of thioether (sulfide) groups is 1. The Labute approximate surface area is 128 Å². The van der Waals surface area contributed by atoms with Crippen molar-refractivity contribution in [2.75, 3.05) is 16.9 Å². The zero-order valence-corrected chi connectivity index (χ0v) is 12.6. The molecule has 1 fully saturated rings. The molecule has 1 saturated carbocycles. The molecule has 0 radical (unpaired) electrons. The minimum Gasteiger partial charge on any atom is -0.367 e. The Balaban J connectivity index is 1.71. The lowest BCUT2D eigenvalue weighted by Crippen LogP contribution is -2.13. The van der Waals surface area contributed by atoms with Gasteiger partial charge in [0.1, 0.15) is 5.82 Å². The van der Waals surface area contributed by atoms with Crippen molar-refractivity contribution < 1.29 is 4.79 Å². The van der Waals surface area contributed by atoms with Crippen LogP contribution in [0.3, 0.4) is 0 Å². The van der Waals surface area contributed by atoms with Gasteiger partial charge in [0.15, 0.2) is 0 Å². The average molecular weight is 299 g/mol. The standard InChI is InChI=1S/C16H17N3OS/c1-21-14-4-2-3-13(10-14)19-16(20)11-7-8-17-15(9-11)18-12-5-6-12/h2-4,7-10,12H,5-6H2,1H3,(H,17,18)(H,19,20). The van der Waals surface area contributed by atoms with Crippen molar-refractivity contribution in [1.29, 1.82) is 0 Å². The maximum absolute atomic E-state index is 12.3. The zero-order valence-electron chi connectivity index (χ0n) is 11.8. The molecule has 1 aromatic carbocycles. The van der Waals surface area contributed by atoms with Crippen molar-refractivity contribution in [1.82, 2.24) is 4.98 Å². The second-order valence-electron chi connectivity index (χ2n) is 5.03. The molecule has 0 saturated heterocycles. The molecule has 2 N–H and O–H groups in total. The van der Waals surface area contributed by atoms with Crippen LogP contribution < -0.4 is 10.6 Å². The van der Waals surface area contributed by atoms with Gasteiger partial charge in [0, 0.05) is 28.4 Å². The van der Waals surface area contributed by atoms with Crippen LogP contribution in [0.15, 0.2) is 47.5 Å². The van der Waals surface area contributed by atoms with Gasteiger partial charge in [0.25, 0.3) is 5.91 Å². The lowest BCUT2D eigenvalue weighted by molar-refractivity contribution is 0.102. The molecule has 0 spiro atoms. The van der Waals surface area contributed by atoms with Gasteiger partial charge in [-0.05, 0) is 49.4 Å². The van der Waals surface area contributed by atoms with Crippen LogP contribution in [0.2, 0.25) is 0 Å². The lowest BCUT2D eigenvalue weighted by Gasteiger charge is -2.08. The Morgan fingerprint density at radius 3 is 2.90 bits per heavy atom. The topological polar surface area (TPSA) is 54.0 Å². The smallest absolute Gasteiger partial charge is 0.255 e. The second-order valence-corrected chi connectivity index (χ2v) is 5.91. The second kappa shape index (κ2) is 6.18. The number of benzene rings is 1. The summed E-state index contributed by atoms with van der Waals surface area (Å²) in [6, 6.07) is 11.9. The van der Waals surface area contributed by atoms with Crippen molar-refractivity contribution in [3.63, 3.8) is 0 Å². The molecule has 2 aromatic rings. The molecule has 1 aliphatic rings. The molecule has 4 nitrogen and oxygen atoms in total. The van der Waals surface area contributed by atoms with Crippen LogP contribution in [0.5, 0.6) is 0 Å². The molecule has 5 heteroatoms. The molecule has 21 heavy (non-hydrogen) atoms. The van der Waals surface area contributed by atoms with E-state index < -0.39 is 0 Å². The van der Waals surface area contributed by atoms with Crippen LogP contribution in [-0.2, 0) is 0 Å². The molecular weight excluding hydrogens is 282 g/mol. The highest BCUT2D eigenvalue weighted by atomic mass is 32.2. The molecule has 0 atom stereocenters. The Hall–Kier alpha value is -2.01. The minimum atomic E-state index is -0.116. The summed E-state index contributed by atoms with van der Waals surface area (Å²) in [5, 5.41) is 6.22. The Kier molecular flexibility index (Phi) is 4.10. The predicted octanol–water partition coefficient (Wildman–Crippen LogP) is 3.63. The summed E-state index contributed by atoms with van der Waals surface area (Å²) in [7, 11) is 0. The predicted molar refractivity (Wildman–Crippen MR) is 87.1 cm³/mol. The first-order chi connectivity index (χ1) is 10.2. The van der Waals surface area contributed by atoms with E-state index in [9.17, 15) is 4.79 Å². The summed E-state index contributed by atoms with van der Waals surface area (Å²) in [4.78, 5) is 17.7. The van der Waals surface area contributed by atoms with Gasteiger partial charge in [-0.15, -0.1) is 11.8 Å². The third-order valence-electron chi connectivity index (χ3n) is 3.28. The highest BCUT2D eigenvalue weighted by Crippen LogP contribution is 2.24. The van der Waals surface area contributed by atoms with E-state index in [1.165, 1.54) is 12.8 Å². The summed E-state index contributed by atoms with van der Waals surface area (Å²) in [5.41, 5.74) is 1.42. The van der Waals surface area contributed by atoms with Gasteiger partial charge in [-0.2, -0.15) is 0 Å². The van der Waals surface area contributed by atoms with E-state index in [4.69, 9.17) is 0 Å². The number of hydrogen-bond acceptors (Lipinski definition) is 4. The number of aromatic nitrogens is 1. The maximum atomic E-state index is 12.3. The summed E-state index contributed by atoms with van der Waals surface area (Å²) in [6.45, 7) is 0. The van der Waals surface area contributed by atoms with E-state index in [2.05, 4.69) is 15.6 Å². The molecular formula is C16H17N3OS. The van der Waals surface area contributed by atoms with Gasteiger partial charge in [-0.3, -0.25) is 4.79 Å². The summed E-state index contributed by atoms with van der Waals surface area (Å²) < 4.78 is 0. The quantitative estimate of drug-likeness (QED) is 0.828. The number of amides is 1. The largest absolute Gasteiger partial charge is 0.367 e. The number of carbonyl (C=O) groups excluding carboxylic acids is 1. The average Bonchev–Trinajstić information content (AvgIpc) is 3.31. The van der Waals surface area contributed by atoms with Gasteiger partial charge < -0.3 is 10.6 Å². The SMILES string of the molecule is CSc1cccc(NC(=O)c2ccnc(NC3CC3)c2)c1. The molecule has 1 aliphatic carbocycles. The normalized spacial score (nSPS) is 13.8. The summed E-state index contributed by atoms with van der Waals surface area (Å²) in [6.07, 6.45) is 6.04. The fraction of sp³-hybridized carbons (Fsp3) is 0.250. The van der Waals surface area contributed by atoms with Crippen LogP contribution in [0.4, 0.5) is 11.5 Å². The molecule has 1 heterocycles. The first-order valence-corrected chi connectivity index (χ1v) is 8.15. The van der Waals surface area contributed by atoms with E-state index in [0.29, 0.717) is 11.6 Å². The van der Waals surface area contributed by atoms with Crippen molar-refractivity contribution in [2.45, 2.75) is 23.8 Å². The van der Waals surface area contributed by atoms with Gasteiger partial charge in [0.2, 0.25) is 0 Å². The Morgan fingerprint density at radius 2 is 2.14 bits per heavy atom. The summed E-state index contributed by atoms with van der Waals surface area (Å²) >= 11 is 1.65. The van der Waals surface area contributed by atoms with Crippen molar-refractivity contribution in [3.05, 3.63) is 48.2 Å². The molecule has 0 bridgehead atoms. The van der Waals surface area contributed by atoms with Gasteiger partial charge in [0.05, 0.1) is 0 Å². The van der Waals surface area contributed by atoms with Gasteiger partial charge in [-0.25, -0.2) is 4.98 Å². The van der Waals surface area contributed by atoms with Crippen LogP contribution in [0.1, 0.15) is 23.2 Å². The van der Waals surface area contributed by atoms with Crippen molar-refractivity contribution in [3.8, 4) is 0 Å². The molecule has 3 rings (SSSR count). The maximum Gasteiger partial charge on any atom is 0.255 e. The van der Waals surface area contributed by atoms with Gasteiger partial charge in [-0.1, -0.05) is 6.07 Å². The summed E-state index contributed by atoms with van der Waals surface area (Å²) in [5.74, 6) is 0.650. The first kappa shape index (κ1) is 13.9. The number of pyridine rings is 1. The zero-order chi connectivity index (χ0) is 14.7. The number of hydrogen-bond donors (Lipinski definition) is 2. The molecule has 0 aliphatic heterocycles. The van der Waals surface area contributed by atoms with Gasteiger partial charge >= 0.3 is 0 Å². The fourth-order valence-electron chi connectivity index (χ4n) is 1.99. The monoisotopic (exact) mass is 299 g/mol. The fourth-order valence-corrected chi connectivity index (χ4v) is 2.45. The number of rotatable bonds is 5. The number of carbonyl (C=O) groups is 1. The van der Waals surface area contributed by atoms with Crippen LogP contribution in [0, 0.1) is 0 Å². The molecule has 108 valence electrons. The molecule has 0 unspecified atom stereocenters. The molecule has 1 aromatic heterocycles. The molecule has 1 amide bonds. The third-order valence-corrected chi connectivity index (χ3v) is 4.00.